The molecule has 176 valence electrons. The number of ether oxygens (including phenoxy) is 1. The number of piperazine rings is 1. The summed E-state index contributed by atoms with van der Waals surface area (Å²) in [4.78, 5) is 9.68. The fourth-order valence-electron chi connectivity index (χ4n) is 3.64. The van der Waals surface area contributed by atoms with Crippen LogP contribution in [0.5, 0.6) is 5.75 Å². The van der Waals surface area contributed by atoms with Crippen LogP contribution >= 0.6 is 24.0 Å². The molecule has 0 amide bonds. The molecule has 1 aliphatic heterocycles. The number of rotatable bonds is 9. The second-order valence-electron chi connectivity index (χ2n) is 8.12. The van der Waals surface area contributed by atoms with Crippen molar-refractivity contribution < 1.29 is 4.74 Å². The largest absolute Gasteiger partial charge is 0.497 e. The maximum atomic E-state index is 5.22. The van der Waals surface area contributed by atoms with Crippen molar-refractivity contribution in [1.82, 2.24) is 20.4 Å². The molecule has 0 aliphatic carbocycles. The topological polar surface area (TPSA) is 52.1 Å². The number of nitrogens with zero attached hydrogens (tertiary/aromatic N) is 3. The van der Waals surface area contributed by atoms with Crippen molar-refractivity contribution in [2.45, 2.75) is 26.4 Å². The van der Waals surface area contributed by atoms with E-state index in [0.717, 1.165) is 63.9 Å². The van der Waals surface area contributed by atoms with Gasteiger partial charge in [0.15, 0.2) is 5.96 Å². The fraction of sp³-hybridized carbons (Fsp3) is 0.480. The first-order valence-corrected chi connectivity index (χ1v) is 11.3. The maximum Gasteiger partial charge on any atom is 0.191 e. The molecule has 1 fully saturated rings. The smallest absolute Gasteiger partial charge is 0.191 e. The zero-order valence-corrected chi connectivity index (χ0v) is 22.0. The van der Waals surface area contributed by atoms with Gasteiger partial charge in [0.25, 0.3) is 0 Å². The first-order valence-electron chi connectivity index (χ1n) is 11.3. The van der Waals surface area contributed by atoms with Gasteiger partial charge in [-0.1, -0.05) is 36.4 Å². The third kappa shape index (κ3) is 8.96. The molecule has 0 saturated carbocycles. The summed E-state index contributed by atoms with van der Waals surface area (Å²) in [5.74, 6) is 1.75. The number of methoxy groups -OCH3 is 1. The van der Waals surface area contributed by atoms with E-state index in [1.54, 1.807) is 7.11 Å². The Hall–Kier alpha value is -1.84. The van der Waals surface area contributed by atoms with E-state index in [0.29, 0.717) is 6.54 Å². The van der Waals surface area contributed by atoms with Crippen LogP contribution in [-0.4, -0.2) is 69.2 Å². The molecule has 32 heavy (non-hydrogen) atoms. The number of nitrogens with one attached hydrogen (secondary N) is 2. The van der Waals surface area contributed by atoms with E-state index in [1.165, 1.54) is 16.7 Å². The molecule has 1 heterocycles. The van der Waals surface area contributed by atoms with Gasteiger partial charge in [0.2, 0.25) is 0 Å². The van der Waals surface area contributed by atoms with Gasteiger partial charge < -0.3 is 20.3 Å². The molecule has 2 N–H and O–H groups in total. The summed E-state index contributed by atoms with van der Waals surface area (Å²) in [6.07, 6.45) is 0.940. The van der Waals surface area contributed by atoms with Gasteiger partial charge in [-0.2, -0.15) is 0 Å². The van der Waals surface area contributed by atoms with Gasteiger partial charge in [-0.25, -0.2) is 4.99 Å². The molecule has 0 aromatic heterocycles. The van der Waals surface area contributed by atoms with E-state index in [1.807, 2.05) is 12.1 Å². The summed E-state index contributed by atoms with van der Waals surface area (Å²) >= 11 is 0. The quantitative estimate of drug-likeness (QED) is 0.285. The monoisotopic (exact) mass is 551 g/mol. The molecule has 1 aliphatic rings. The minimum absolute atomic E-state index is 0. The SMILES string of the molecule is CCNC(=NCc1ccc(CN2CCN(C)CC2)cc1)NCCc1ccc(OC)cc1.I. The molecule has 0 radical (unpaired) electrons. The second-order valence-corrected chi connectivity index (χ2v) is 8.12. The highest BCUT2D eigenvalue weighted by Crippen LogP contribution is 2.12. The molecule has 0 unspecified atom stereocenters. The molecular formula is C25H38IN5O. The van der Waals surface area contributed by atoms with Gasteiger partial charge in [-0.3, -0.25) is 4.90 Å². The van der Waals surface area contributed by atoms with Crippen LogP contribution in [0.3, 0.4) is 0 Å². The summed E-state index contributed by atoms with van der Waals surface area (Å²) in [6, 6.07) is 17.1. The number of likely N-dealkylation sites (N-methyl/N-ethyl adjacent to an activating group) is 1. The summed E-state index contributed by atoms with van der Waals surface area (Å²) in [6.45, 7) is 10.1. The standard InChI is InChI=1S/C25H37N5O.HI/c1-4-26-25(27-14-13-21-9-11-24(31-3)12-10-21)28-19-22-5-7-23(8-6-22)20-30-17-15-29(2)16-18-30;/h5-12H,4,13-20H2,1-3H3,(H2,26,27,28);1H. The van der Waals surface area contributed by atoms with Gasteiger partial charge in [0, 0.05) is 45.8 Å². The zero-order valence-electron chi connectivity index (χ0n) is 19.6. The number of hydrogen-bond acceptors (Lipinski definition) is 4. The van der Waals surface area contributed by atoms with Crippen molar-refractivity contribution in [3.05, 3.63) is 65.2 Å². The Morgan fingerprint density at radius 3 is 2.16 bits per heavy atom. The summed E-state index contributed by atoms with van der Waals surface area (Å²) in [7, 11) is 3.89. The Morgan fingerprint density at radius 2 is 1.53 bits per heavy atom. The third-order valence-corrected chi connectivity index (χ3v) is 5.65. The molecule has 3 rings (SSSR count). The van der Waals surface area contributed by atoms with Gasteiger partial charge in [-0.05, 0) is 49.2 Å². The molecule has 2 aromatic carbocycles. The van der Waals surface area contributed by atoms with E-state index in [-0.39, 0.29) is 24.0 Å². The van der Waals surface area contributed by atoms with Crippen LogP contribution in [0.25, 0.3) is 0 Å². The van der Waals surface area contributed by atoms with Gasteiger partial charge >= 0.3 is 0 Å². The number of hydrogen-bond donors (Lipinski definition) is 2. The van der Waals surface area contributed by atoms with Crippen molar-refractivity contribution in [3.8, 4) is 5.75 Å². The summed E-state index contributed by atoms with van der Waals surface area (Å²) in [5, 5.41) is 6.77. The predicted octanol–water partition coefficient (Wildman–Crippen LogP) is 3.36. The minimum Gasteiger partial charge on any atom is -0.497 e. The highest BCUT2D eigenvalue weighted by Gasteiger charge is 2.13. The van der Waals surface area contributed by atoms with E-state index >= 15 is 0 Å². The number of guanidine groups is 1. The highest BCUT2D eigenvalue weighted by atomic mass is 127. The van der Waals surface area contributed by atoms with Gasteiger partial charge in [0.1, 0.15) is 5.75 Å². The average molecular weight is 552 g/mol. The molecule has 0 atom stereocenters. The van der Waals surface area contributed by atoms with Crippen LogP contribution in [-0.2, 0) is 19.5 Å². The van der Waals surface area contributed by atoms with Crippen LogP contribution < -0.4 is 15.4 Å². The molecule has 2 aromatic rings. The van der Waals surface area contributed by atoms with E-state index in [4.69, 9.17) is 9.73 Å². The van der Waals surface area contributed by atoms with Crippen molar-refractivity contribution in [2.75, 3.05) is 53.4 Å². The Balaban J connectivity index is 0.00000363. The lowest BCUT2D eigenvalue weighted by atomic mass is 10.1. The van der Waals surface area contributed by atoms with Crippen LogP contribution in [0, 0.1) is 0 Å². The number of aliphatic imine (C=N–C) groups is 1. The molecule has 7 heteroatoms. The summed E-state index contributed by atoms with van der Waals surface area (Å²) in [5.41, 5.74) is 3.89. The van der Waals surface area contributed by atoms with Crippen LogP contribution in [0.1, 0.15) is 23.6 Å². The molecule has 1 saturated heterocycles. The summed E-state index contributed by atoms with van der Waals surface area (Å²) < 4.78 is 5.22. The Bertz CT molecular complexity index is 802. The molecule has 6 nitrogen and oxygen atoms in total. The lowest BCUT2D eigenvalue weighted by Gasteiger charge is -2.32. The van der Waals surface area contributed by atoms with Crippen LogP contribution in [0.15, 0.2) is 53.5 Å². The minimum atomic E-state index is 0. The Kier molecular flexibility index (Phi) is 11.8. The third-order valence-electron chi connectivity index (χ3n) is 5.65. The van der Waals surface area contributed by atoms with E-state index < -0.39 is 0 Å². The average Bonchev–Trinajstić information content (AvgIpc) is 2.80. The second kappa shape index (κ2) is 14.3. The van der Waals surface area contributed by atoms with Gasteiger partial charge in [0.05, 0.1) is 13.7 Å². The normalized spacial score (nSPS) is 15.2. The maximum absolute atomic E-state index is 5.22. The molecular weight excluding hydrogens is 513 g/mol. The highest BCUT2D eigenvalue weighted by molar-refractivity contribution is 14.0. The predicted molar refractivity (Wildman–Crippen MR) is 144 cm³/mol. The van der Waals surface area contributed by atoms with E-state index in [2.05, 4.69) is 70.8 Å². The molecule has 0 spiro atoms. The number of benzene rings is 2. The van der Waals surface area contributed by atoms with Crippen LogP contribution in [0.2, 0.25) is 0 Å². The van der Waals surface area contributed by atoms with Crippen molar-refractivity contribution >= 4 is 29.9 Å². The lowest BCUT2D eigenvalue weighted by molar-refractivity contribution is 0.148. The lowest BCUT2D eigenvalue weighted by Crippen LogP contribution is -2.43. The van der Waals surface area contributed by atoms with Crippen molar-refractivity contribution in [2.24, 2.45) is 4.99 Å². The van der Waals surface area contributed by atoms with E-state index in [9.17, 15) is 0 Å². The van der Waals surface area contributed by atoms with Gasteiger partial charge in [-0.15, -0.1) is 24.0 Å². The zero-order chi connectivity index (χ0) is 21.9. The Labute approximate surface area is 210 Å². The molecule has 0 bridgehead atoms. The fourth-order valence-corrected chi connectivity index (χ4v) is 3.64. The first-order chi connectivity index (χ1) is 15.2. The van der Waals surface area contributed by atoms with Crippen LogP contribution in [0.4, 0.5) is 0 Å². The Morgan fingerprint density at radius 1 is 0.906 bits per heavy atom. The number of halogens is 1. The van der Waals surface area contributed by atoms with Crippen molar-refractivity contribution in [3.63, 3.8) is 0 Å². The first kappa shape index (κ1) is 26.4. The van der Waals surface area contributed by atoms with Crippen molar-refractivity contribution in [1.29, 1.82) is 0 Å².